The number of benzene rings is 1. The molecule has 3 fully saturated rings. The second-order valence-electron chi connectivity index (χ2n) is 7.47. The molecule has 2 aromatic rings. The minimum atomic E-state index is -0.0757. The summed E-state index contributed by atoms with van der Waals surface area (Å²) in [6, 6.07) is 11.5. The molecule has 2 atom stereocenters. The maximum Gasteiger partial charge on any atom is 0.244 e. The number of phenols is 1. The summed E-state index contributed by atoms with van der Waals surface area (Å²) in [4.78, 5) is 19.3. The van der Waals surface area contributed by atoms with Crippen molar-refractivity contribution in [3.63, 3.8) is 0 Å². The molecule has 3 aliphatic rings. The highest BCUT2D eigenvalue weighted by atomic mass is 16.3. The lowest BCUT2D eigenvalue weighted by molar-refractivity contribution is -0.119. The first-order chi connectivity index (χ1) is 13.2. The van der Waals surface area contributed by atoms with Crippen molar-refractivity contribution in [2.24, 2.45) is 5.92 Å². The van der Waals surface area contributed by atoms with Crippen LogP contribution in [-0.4, -0.2) is 46.1 Å². The molecule has 3 saturated heterocycles. The highest BCUT2D eigenvalue weighted by molar-refractivity contribution is 5.92. The summed E-state index contributed by atoms with van der Waals surface area (Å²) in [5.74, 6) is 0.662. The Bertz CT molecular complexity index is 813. The zero-order chi connectivity index (χ0) is 18.6. The normalized spacial score (nSPS) is 27.0. The highest BCUT2D eigenvalue weighted by Crippen LogP contribution is 2.34. The van der Waals surface area contributed by atoms with Crippen molar-refractivity contribution < 1.29 is 9.90 Å². The minimum Gasteiger partial charge on any atom is -0.508 e. The molecule has 3 aliphatic heterocycles. The number of nitrogens with zero attached hydrogens (tertiary/aromatic N) is 2. The van der Waals surface area contributed by atoms with Gasteiger partial charge in [-0.25, -0.2) is 0 Å². The summed E-state index contributed by atoms with van der Waals surface area (Å²) in [6.07, 6.45) is 10.2. The molecule has 0 spiro atoms. The van der Waals surface area contributed by atoms with E-state index in [0.29, 0.717) is 12.0 Å². The Labute approximate surface area is 159 Å². The SMILES string of the molecule is O=C(C=Cc1cccc(O)c1)NC1C2CCN(CC2)C1Cc1cccnc1. The molecule has 2 unspecified atom stereocenters. The third-order valence-corrected chi connectivity index (χ3v) is 5.74. The van der Waals surface area contributed by atoms with E-state index in [2.05, 4.69) is 21.3 Å². The second-order valence-corrected chi connectivity index (χ2v) is 7.47. The van der Waals surface area contributed by atoms with Crippen molar-refractivity contribution in [1.29, 1.82) is 0 Å². The largest absolute Gasteiger partial charge is 0.508 e. The molecule has 1 amide bonds. The molecule has 4 heterocycles. The van der Waals surface area contributed by atoms with E-state index in [1.54, 1.807) is 36.5 Å². The van der Waals surface area contributed by atoms with Crippen LogP contribution in [0.4, 0.5) is 0 Å². The number of fused-ring (bicyclic) bond motifs is 3. The van der Waals surface area contributed by atoms with E-state index in [1.807, 2.05) is 18.3 Å². The quantitative estimate of drug-likeness (QED) is 0.802. The third-order valence-electron chi connectivity index (χ3n) is 5.74. The lowest BCUT2D eigenvalue weighted by Gasteiger charge is -2.51. The van der Waals surface area contributed by atoms with Gasteiger partial charge in [0.1, 0.15) is 5.75 Å². The van der Waals surface area contributed by atoms with Gasteiger partial charge in [-0.15, -0.1) is 0 Å². The van der Waals surface area contributed by atoms with Crippen molar-refractivity contribution in [3.8, 4) is 5.75 Å². The van der Waals surface area contributed by atoms with Crippen LogP contribution in [0.25, 0.3) is 6.08 Å². The Hall–Kier alpha value is -2.66. The van der Waals surface area contributed by atoms with Gasteiger partial charge in [0.15, 0.2) is 0 Å². The summed E-state index contributed by atoms with van der Waals surface area (Å²) >= 11 is 0. The van der Waals surface area contributed by atoms with Crippen LogP contribution >= 0.6 is 0 Å². The number of amides is 1. The van der Waals surface area contributed by atoms with E-state index < -0.39 is 0 Å². The minimum absolute atomic E-state index is 0.0757. The monoisotopic (exact) mass is 363 g/mol. The van der Waals surface area contributed by atoms with Crippen LogP contribution in [0, 0.1) is 5.92 Å². The van der Waals surface area contributed by atoms with Crippen molar-refractivity contribution in [1.82, 2.24) is 15.2 Å². The zero-order valence-electron chi connectivity index (χ0n) is 15.3. The van der Waals surface area contributed by atoms with Crippen LogP contribution in [0.2, 0.25) is 0 Å². The molecule has 140 valence electrons. The second kappa shape index (κ2) is 7.92. The van der Waals surface area contributed by atoms with E-state index in [9.17, 15) is 9.90 Å². The average molecular weight is 363 g/mol. The van der Waals surface area contributed by atoms with Crippen LogP contribution in [0.3, 0.4) is 0 Å². The number of aromatic nitrogens is 1. The molecule has 5 rings (SSSR count). The molecule has 0 radical (unpaired) electrons. The molecular weight excluding hydrogens is 338 g/mol. The van der Waals surface area contributed by atoms with Crippen LogP contribution in [0.5, 0.6) is 5.75 Å². The first-order valence-corrected chi connectivity index (χ1v) is 9.59. The molecule has 5 heteroatoms. The smallest absolute Gasteiger partial charge is 0.244 e. The lowest BCUT2D eigenvalue weighted by atomic mass is 9.77. The molecule has 1 aromatic carbocycles. The Morgan fingerprint density at radius 2 is 2.11 bits per heavy atom. The van der Waals surface area contributed by atoms with Crippen LogP contribution in [0.1, 0.15) is 24.0 Å². The molecule has 2 N–H and O–H groups in total. The molecule has 0 saturated carbocycles. The van der Waals surface area contributed by atoms with Gasteiger partial charge in [-0.1, -0.05) is 18.2 Å². The summed E-state index contributed by atoms with van der Waals surface area (Å²) in [5.41, 5.74) is 2.02. The van der Waals surface area contributed by atoms with E-state index in [0.717, 1.165) is 37.9 Å². The Morgan fingerprint density at radius 3 is 2.85 bits per heavy atom. The summed E-state index contributed by atoms with van der Waals surface area (Å²) < 4.78 is 0. The fourth-order valence-corrected chi connectivity index (χ4v) is 4.39. The number of rotatable bonds is 5. The predicted octanol–water partition coefficient (Wildman–Crippen LogP) is 2.62. The molecular formula is C22H25N3O2. The number of aromatic hydroxyl groups is 1. The van der Waals surface area contributed by atoms with Crippen molar-refractivity contribution in [2.75, 3.05) is 13.1 Å². The Morgan fingerprint density at radius 1 is 1.26 bits per heavy atom. The van der Waals surface area contributed by atoms with Crippen molar-refractivity contribution in [2.45, 2.75) is 31.3 Å². The van der Waals surface area contributed by atoms with Crippen molar-refractivity contribution >= 4 is 12.0 Å². The van der Waals surface area contributed by atoms with E-state index in [1.165, 1.54) is 5.56 Å². The van der Waals surface area contributed by atoms with Gasteiger partial charge in [-0.2, -0.15) is 0 Å². The zero-order valence-corrected chi connectivity index (χ0v) is 15.3. The molecule has 0 aliphatic carbocycles. The fourth-order valence-electron chi connectivity index (χ4n) is 4.39. The van der Waals surface area contributed by atoms with Crippen LogP contribution < -0.4 is 5.32 Å². The number of nitrogens with one attached hydrogen (secondary N) is 1. The van der Waals surface area contributed by atoms with Gasteiger partial charge in [0.25, 0.3) is 0 Å². The third kappa shape index (κ3) is 4.19. The standard InChI is InChI=1S/C22H25N3O2/c26-19-5-1-3-16(13-19)6-7-21(27)24-22-18-8-11-25(12-9-18)20(22)14-17-4-2-10-23-15-17/h1-7,10,13,15,18,20,22,26H,8-9,11-12,14H2,(H,24,27). The Balaban J connectivity index is 1.45. The van der Waals surface area contributed by atoms with Crippen LogP contribution in [0.15, 0.2) is 54.9 Å². The van der Waals surface area contributed by atoms with Gasteiger partial charge in [-0.05, 0) is 73.7 Å². The molecule has 27 heavy (non-hydrogen) atoms. The maximum absolute atomic E-state index is 12.6. The number of hydrogen-bond donors (Lipinski definition) is 2. The average Bonchev–Trinajstić information content (AvgIpc) is 2.70. The van der Waals surface area contributed by atoms with Gasteiger partial charge in [-0.3, -0.25) is 14.7 Å². The molecule has 5 nitrogen and oxygen atoms in total. The number of piperidine rings is 3. The predicted molar refractivity (Wildman–Crippen MR) is 105 cm³/mol. The topological polar surface area (TPSA) is 65.5 Å². The Kier molecular flexibility index (Phi) is 5.21. The highest BCUT2D eigenvalue weighted by Gasteiger charge is 2.42. The number of carbonyl (C=O) groups excluding carboxylic acids is 1. The number of hydrogen-bond acceptors (Lipinski definition) is 4. The lowest BCUT2D eigenvalue weighted by Crippen LogP contribution is -2.64. The number of carbonyl (C=O) groups is 1. The molecule has 2 bridgehead atoms. The molecule has 1 aromatic heterocycles. The van der Waals surface area contributed by atoms with E-state index >= 15 is 0 Å². The summed E-state index contributed by atoms with van der Waals surface area (Å²) in [5, 5.41) is 12.8. The summed E-state index contributed by atoms with van der Waals surface area (Å²) in [6.45, 7) is 2.22. The number of pyridine rings is 1. The van der Waals surface area contributed by atoms with Gasteiger partial charge in [0.2, 0.25) is 5.91 Å². The maximum atomic E-state index is 12.6. The number of phenolic OH excluding ortho intramolecular Hbond substituents is 1. The van der Waals surface area contributed by atoms with Crippen LogP contribution in [-0.2, 0) is 11.2 Å². The first kappa shape index (κ1) is 17.7. The van der Waals surface area contributed by atoms with Gasteiger partial charge in [0.05, 0.1) is 0 Å². The first-order valence-electron chi connectivity index (χ1n) is 9.59. The van der Waals surface area contributed by atoms with Gasteiger partial charge in [0, 0.05) is 30.6 Å². The van der Waals surface area contributed by atoms with E-state index in [-0.39, 0.29) is 17.7 Å². The van der Waals surface area contributed by atoms with Crippen molar-refractivity contribution in [3.05, 3.63) is 66.0 Å². The summed E-state index contributed by atoms with van der Waals surface area (Å²) in [7, 11) is 0. The van der Waals surface area contributed by atoms with Gasteiger partial charge >= 0.3 is 0 Å². The van der Waals surface area contributed by atoms with E-state index in [4.69, 9.17) is 0 Å². The fraction of sp³-hybridized carbons (Fsp3) is 0.364. The van der Waals surface area contributed by atoms with Gasteiger partial charge < -0.3 is 10.4 Å².